The highest BCUT2D eigenvalue weighted by Gasteiger charge is 2.35. The first kappa shape index (κ1) is 17.5. The topological polar surface area (TPSA) is 89.9 Å². The van der Waals surface area contributed by atoms with Gasteiger partial charge in [-0.05, 0) is 44.2 Å². The molecule has 1 fully saturated rings. The molecule has 0 aliphatic carbocycles. The quantitative estimate of drug-likeness (QED) is 0.533. The highest BCUT2D eigenvalue weighted by molar-refractivity contribution is 5.96. The van der Waals surface area contributed by atoms with Crippen LogP contribution in [0.4, 0.5) is 5.69 Å². The van der Waals surface area contributed by atoms with Crippen molar-refractivity contribution in [1.29, 1.82) is 0 Å². The van der Waals surface area contributed by atoms with Gasteiger partial charge in [-0.15, -0.1) is 5.10 Å². The number of aryl methyl sites for hydroxylation is 2. The number of amides is 1. The van der Waals surface area contributed by atoms with Gasteiger partial charge in [0, 0.05) is 30.8 Å². The number of rotatable bonds is 4. The third-order valence-electron chi connectivity index (χ3n) is 5.33. The molecule has 1 aliphatic rings. The number of carbonyl (C=O) groups is 1. The number of benzene rings is 2. The van der Waals surface area contributed by atoms with Gasteiger partial charge in [-0.2, -0.15) is 4.98 Å². The van der Waals surface area contributed by atoms with Gasteiger partial charge in [0.1, 0.15) is 5.52 Å². The van der Waals surface area contributed by atoms with Crippen molar-refractivity contribution in [2.45, 2.75) is 32.7 Å². The fourth-order valence-corrected chi connectivity index (χ4v) is 3.71. The number of hydrogen-bond donors (Lipinski definition) is 0. The molecule has 8 nitrogen and oxygen atoms in total. The molecular formula is C21H20N6O2. The Kier molecular flexibility index (Phi) is 4.12. The normalized spacial score (nSPS) is 16.8. The van der Waals surface area contributed by atoms with Gasteiger partial charge in [-0.1, -0.05) is 28.1 Å². The Hall–Kier alpha value is -3.55. The molecule has 0 N–H and O–H groups in total. The third-order valence-corrected chi connectivity index (χ3v) is 5.33. The van der Waals surface area contributed by atoms with E-state index in [1.165, 1.54) is 0 Å². The Morgan fingerprint density at radius 1 is 1.17 bits per heavy atom. The minimum atomic E-state index is -0.116. The highest BCUT2D eigenvalue weighted by Crippen LogP contribution is 2.32. The van der Waals surface area contributed by atoms with E-state index in [1.807, 2.05) is 61.0 Å². The Bertz CT molecular complexity index is 1190. The Morgan fingerprint density at radius 3 is 2.79 bits per heavy atom. The van der Waals surface area contributed by atoms with E-state index in [2.05, 4.69) is 20.5 Å². The monoisotopic (exact) mass is 388 g/mol. The van der Waals surface area contributed by atoms with Crippen molar-refractivity contribution in [2.24, 2.45) is 0 Å². The molecule has 0 radical (unpaired) electrons. The van der Waals surface area contributed by atoms with Gasteiger partial charge in [0.15, 0.2) is 0 Å². The fourth-order valence-electron chi connectivity index (χ4n) is 3.71. The first-order chi connectivity index (χ1) is 14.1. The van der Waals surface area contributed by atoms with Crippen LogP contribution in [0.25, 0.3) is 22.4 Å². The summed E-state index contributed by atoms with van der Waals surface area (Å²) in [4.78, 5) is 18.9. The SMILES string of the molecule is CCn1nnc2cc(-c3noc([C@@H]4CC(=O)N(c5ccc(C)cc5)C4)n3)ccc21. The summed E-state index contributed by atoms with van der Waals surface area (Å²) in [7, 11) is 0. The Labute approximate surface area is 167 Å². The van der Waals surface area contributed by atoms with Crippen LogP contribution in [-0.2, 0) is 11.3 Å². The number of carbonyl (C=O) groups excluding carboxylic acids is 1. The van der Waals surface area contributed by atoms with Gasteiger partial charge < -0.3 is 9.42 Å². The predicted octanol–water partition coefficient (Wildman–Crippen LogP) is 3.33. The second-order valence-electron chi connectivity index (χ2n) is 7.31. The Morgan fingerprint density at radius 2 is 2.00 bits per heavy atom. The minimum absolute atomic E-state index is 0.0659. The molecule has 1 atom stereocenters. The van der Waals surface area contributed by atoms with Crippen LogP contribution in [0.1, 0.15) is 30.7 Å². The summed E-state index contributed by atoms with van der Waals surface area (Å²) in [5.41, 5.74) is 4.63. The maximum absolute atomic E-state index is 12.5. The summed E-state index contributed by atoms with van der Waals surface area (Å²) in [6.45, 7) is 5.34. The fraction of sp³-hybridized carbons (Fsp3) is 0.286. The van der Waals surface area contributed by atoms with E-state index in [9.17, 15) is 4.79 Å². The average molecular weight is 388 g/mol. The van der Waals surface area contributed by atoms with Crippen LogP contribution in [0, 0.1) is 6.92 Å². The van der Waals surface area contributed by atoms with Gasteiger partial charge in [0.05, 0.1) is 11.4 Å². The van der Waals surface area contributed by atoms with E-state index in [0.29, 0.717) is 24.7 Å². The van der Waals surface area contributed by atoms with Crippen LogP contribution in [0.5, 0.6) is 0 Å². The molecule has 1 saturated heterocycles. The number of fused-ring (bicyclic) bond motifs is 1. The van der Waals surface area contributed by atoms with Crippen molar-refractivity contribution in [3.63, 3.8) is 0 Å². The summed E-state index contributed by atoms with van der Waals surface area (Å²) in [5, 5.41) is 12.5. The van der Waals surface area contributed by atoms with Crippen molar-refractivity contribution in [1.82, 2.24) is 25.1 Å². The van der Waals surface area contributed by atoms with Crippen molar-refractivity contribution in [3.05, 3.63) is 53.9 Å². The van der Waals surface area contributed by atoms with Crippen LogP contribution in [0.2, 0.25) is 0 Å². The van der Waals surface area contributed by atoms with Crippen LogP contribution in [0.3, 0.4) is 0 Å². The molecule has 29 heavy (non-hydrogen) atoms. The molecule has 8 heteroatoms. The summed E-state index contributed by atoms with van der Waals surface area (Å²) < 4.78 is 7.35. The van der Waals surface area contributed by atoms with Crippen molar-refractivity contribution < 1.29 is 9.32 Å². The molecule has 2 aromatic heterocycles. The van der Waals surface area contributed by atoms with Crippen LogP contribution in [-0.4, -0.2) is 37.6 Å². The average Bonchev–Trinajstić information content (AvgIpc) is 3.46. The molecule has 146 valence electrons. The van der Waals surface area contributed by atoms with Crippen molar-refractivity contribution in [2.75, 3.05) is 11.4 Å². The van der Waals surface area contributed by atoms with Gasteiger partial charge >= 0.3 is 0 Å². The maximum atomic E-state index is 12.5. The largest absolute Gasteiger partial charge is 0.339 e. The first-order valence-corrected chi connectivity index (χ1v) is 9.66. The van der Waals surface area contributed by atoms with Crippen LogP contribution >= 0.6 is 0 Å². The maximum Gasteiger partial charge on any atom is 0.232 e. The number of anilines is 1. The molecule has 1 amide bonds. The highest BCUT2D eigenvalue weighted by atomic mass is 16.5. The van der Waals surface area contributed by atoms with E-state index in [-0.39, 0.29) is 11.8 Å². The molecule has 4 aromatic rings. The van der Waals surface area contributed by atoms with Crippen LogP contribution < -0.4 is 4.90 Å². The van der Waals surface area contributed by atoms with Gasteiger partial charge in [0.25, 0.3) is 0 Å². The third kappa shape index (κ3) is 3.06. The smallest absolute Gasteiger partial charge is 0.232 e. The van der Waals surface area contributed by atoms with Gasteiger partial charge in [0.2, 0.25) is 17.6 Å². The zero-order chi connectivity index (χ0) is 20.0. The van der Waals surface area contributed by atoms with Crippen LogP contribution in [0.15, 0.2) is 47.0 Å². The molecule has 0 unspecified atom stereocenters. The lowest BCUT2D eigenvalue weighted by atomic mass is 10.1. The molecule has 5 rings (SSSR count). The second-order valence-corrected chi connectivity index (χ2v) is 7.31. The zero-order valence-corrected chi connectivity index (χ0v) is 16.2. The summed E-state index contributed by atoms with van der Waals surface area (Å²) in [6, 6.07) is 13.7. The van der Waals surface area contributed by atoms with Crippen molar-refractivity contribution >= 4 is 22.6 Å². The number of hydrogen-bond acceptors (Lipinski definition) is 6. The Balaban J connectivity index is 1.39. The molecular weight excluding hydrogens is 368 g/mol. The lowest BCUT2D eigenvalue weighted by molar-refractivity contribution is -0.117. The zero-order valence-electron chi connectivity index (χ0n) is 16.2. The van der Waals surface area contributed by atoms with Gasteiger partial charge in [-0.25, -0.2) is 4.68 Å². The standard InChI is InChI=1S/C21H20N6O2/c1-3-27-18-9-6-14(10-17(18)23-25-27)20-22-21(29-24-20)15-11-19(28)26(12-15)16-7-4-13(2)5-8-16/h4-10,15H,3,11-12H2,1-2H3/t15-/m1/s1. The minimum Gasteiger partial charge on any atom is -0.339 e. The van der Waals surface area contributed by atoms with E-state index in [4.69, 9.17) is 4.52 Å². The number of aromatic nitrogens is 5. The summed E-state index contributed by atoms with van der Waals surface area (Å²) in [5.74, 6) is 0.931. The van der Waals surface area contributed by atoms with E-state index >= 15 is 0 Å². The summed E-state index contributed by atoms with van der Waals surface area (Å²) >= 11 is 0. The molecule has 2 aromatic carbocycles. The molecule has 3 heterocycles. The first-order valence-electron chi connectivity index (χ1n) is 9.66. The summed E-state index contributed by atoms with van der Waals surface area (Å²) in [6.07, 6.45) is 0.360. The van der Waals surface area contributed by atoms with E-state index < -0.39 is 0 Å². The predicted molar refractivity (Wildman–Crippen MR) is 107 cm³/mol. The number of nitrogens with zero attached hydrogens (tertiary/aromatic N) is 6. The van der Waals surface area contributed by atoms with Gasteiger partial charge in [-0.3, -0.25) is 4.79 Å². The molecule has 0 saturated carbocycles. The van der Waals surface area contributed by atoms with E-state index in [1.54, 1.807) is 4.90 Å². The van der Waals surface area contributed by atoms with Crippen molar-refractivity contribution in [3.8, 4) is 11.4 Å². The molecule has 0 spiro atoms. The van der Waals surface area contributed by atoms with E-state index in [0.717, 1.165) is 34.4 Å². The molecule has 0 bridgehead atoms. The lowest BCUT2D eigenvalue weighted by Gasteiger charge is -2.16. The lowest BCUT2D eigenvalue weighted by Crippen LogP contribution is -2.24. The molecule has 1 aliphatic heterocycles. The second kappa shape index (κ2) is 6.80.